The molecule has 0 saturated heterocycles. The highest BCUT2D eigenvalue weighted by molar-refractivity contribution is 7.99. The number of carbonyl (C=O) groups is 1. The van der Waals surface area contributed by atoms with Crippen molar-refractivity contribution in [2.75, 3.05) is 5.75 Å². The molecule has 3 rings (SSSR count). The Morgan fingerprint density at radius 1 is 1.41 bits per heavy atom. The van der Waals surface area contributed by atoms with Crippen LogP contribution in [0.1, 0.15) is 16.2 Å². The van der Waals surface area contributed by atoms with Crippen molar-refractivity contribution in [3.05, 3.63) is 48.0 Å². The Hall–Kier alpha value is -1.55. The van der Waals surface area contributed by atoms with Crippen LogP contribution in [-0.4, -0.2) is 21.5 Å². The number of nitrogens with zero attached hydrogens (tertiary/aromatic N) is 1. The van der Waals surface area contributed by atoms with Crippen molar-refractivity contribution >= 4 is 17.5 Å². The third kappa shape index (κ3) is 2.00. The van der Waals surface area contributed by atoms with Crippen LogP contribution in [0.5, 0.6) is 0 Å². The molecule has 17 heavy (non-hydrogen) atoms. The molecule has 1 atom stereocenters. The lowest BCUT2D eigenvalue weighted by molar-refractivity contribution is 0.0925. The van der Waals surface area contributed by atoms with E-state index in [2.05, 4.69) is 9.97 Å². The minimum Gasteiger partial charge on any atom is -0.349 e. The van der Waals surface area contributed by atoms with Gasteiger partial charge in [-0.05, 0) is 6.07 Å². The molecule has 2 aromatic rings. The zero-order chi connectivity index (χ0) is 11.7. The highest BCUT2D eigenvalue weighted by atomic mass is 32.2. The van der Waals surface area contributed by atoms with Crippen LogP contribution in [0.25, 0.3) is 0 Å². The van der Waals surface area contributed by atoms with E-state index in [9.17, 15) is 4.79 Å². The highest BCUT2D eigenvalue weighted by Crippen LogP contribution is 2.33. The topological polar surface area (TPSA) is 45.8 Å². The number of aromatic nitrogens is 2. The molecule has 0 spiro atoms. The quantitative estimate of drug-likeness (QED) is 0.883. The van der Waals surface area contributed by atoms with Gasteiger partial charge in [0, 0.05) is 40.9 Å². The number of ketones is 1. The molecule has 2 heterocycles. The second kappa shape index (κ2) is 4.37. The van der Waals surface area contributed by atoms with Crippen molar-refractivity contribution in [2.45, 2.75) is 11.3 Å². The molecule has 1 N–H and O–H groups in total. The number of hydrogen-bond donors (Lipinski definition) is 1. The Labute approximate surface area is 104 Å². The van der Waals surface area contributed by atoms with Gasteiger partial charge in [0.05, 0.1) is 0 Å². The Kier molecular flexibility index (Phi) is 2.73. The average molecular weight is 244 g/mol. The van der Waals surface area contributed by atoms with Crippen LogP contribution in [0.3, 0.4) is 0 Å². The number of hydrogen-bond acceptors (Lipinski definition) is 3. The van der Waals surface area contributed by atoms with E-state index in [4.69, 9.17) is 0 Å². The molecular formula is C13H12N2OS. The number of imidazole rings is 1. The minimum absolute atomic E-state index is 0.0426. The minimum atomic E-state index is 0.0426. The van der Waals surface area contributed by atoms with Crippen LogP contribution >= 0.6 is 11.8 Å². The van der Waals surface area contributed by atoms with Gasteiger partial charge in [0.15, 0.2) is 5.78 Å². The second-order valence-electron chi connectivity index (χ2n) is 4.11. The molecule has 0 saturated carbocycles. The molecule has 86 valence electrons. The number of thioether (sulfide) groups is 1. The third-order valence-corrected chi connectivity index (χ3v) is 4.19. The normalized spacial score (nSPS) is 19.1. The van der Waals surface area contributed by atoms with E-state index in [-0.39, 0.29) is 11.7 Å². The lowest BCUT2D eigenvalue weighted by Gasteiger charge is -2.21. The molecule has 1 aromatic carbocycles. The predicted molar refractivity (Wildman–Crippen MR) is 67.3 cm³/mol. The van der Waals surface area contributed by atoms with Gasteiger partial charge in [-0.1, -0.05) is 18.2 Å². The van der Waals surface area contributed by atoms with Crippen molar-refractivity contribution < 1.29 is 4.79 Å². The van der Waals surface area contributed by atoms with Crippen LogP contribution < -0.4 is 0 Å². The van der Waals surface area contributed by atoms with Crippen LogP contribution in [-0.2, 0) is 6.42 Å². The fraction of sp³-hybridized carbons (Fsp3) is 0.231. The summed E-state index contributed by atoms with van der Waals surface area (Å²) >= 11 is 1.76. The summed E-state index contributed by atoms with van der Waals surface area (Å²) < 4.78 is 0. The molecule has 3 nitrogen and oxygen atoms in total. The maximum absolute atomic E-state index is 12.3. The Balaban J connectivity index is 1.84. The van der Waals surface area contributed by atoms with Crippen LogP contribution in [0, 0.1) is 5.92 Å². The maximum atomic E-state index is 12.3. The molecule has 0 fully saturated rings. The molecule has 4 heteroatoms. The van der Waals surface area contributed by atoms with E-state index < -0.39 is 0 Å². The molecule has 0 aliphatic carbocycles. The highest BCUT2D eigenvalue weighted by Gasteiger charge is 2.28. The molecule has 0 radical (unpaired) electrons. The van der Waals surface area contributed by atoms with E-state index in [0.717, 1.165) is 22.0 Å². The maximum Gasteiger partial charge on any atom is 0.168 e. The first kappa shape index (κ1) is 10.6. The molecule has 0 bridgehead atoms. The number of aromatic amines is 1. The first-order valence-electron chi connectivity index (χ1n) is 5.59. The fourth-order valence-electron chi connectivity index (χ4n) is 2.08. The standard InChI is InChI=1S/C13H12N2OS/c16-13-9(7-12-14-5-6-15-12)8-17-11-4-2-1-3-10(11)13/h1-6,9H,7-8H2,(H,14,15). The van der Waals surface area contributed by atoms with Crippen LogP contribution in [0.2, 0.25) is 0 Å². The summed E-state index contributed by atoms with van der Waals surface area (Å²) in [5.74, 6) is 2.02. The molecular weight excluding hydrogens is 232 g/mol. The Bertz CT molecular complexity index is 536. The number of nitrogens with one attached hydrogen (secondary N) is 1. The summed E-state index contributed by atoms with van der Waals surface area (Å²) in [4.78, 5) is 20.6. The predicted octanol–water partition coefficient (Wildman–Crippen LogP) is 2.56. The van der Waals surface area contributed by atoms with E-state index in [1.54, 1.807) is 24.2 Å². The second-order valence-corrected chi connectivity index (χ2v) is 5.17. The van der Waals surface area contributed by atoms with Gasteiger partial charge in [-0.15, -0.1) is 11.8 Å². The lowest BCUT2D eigenvalue weighted by atomic mass is 9.95. The third-order valence-electron chi connectivity index (χ3n) is 2.96. The zero-order valence-corrected chi connectivity index (χ0v) is 10.0. The van der Waals surface area contributed by atoms with Crippen molar-refractivity contribution in [1.82, 2.24) is 9.97 Å². The summed E-state index contributed by atoms with van der Waals surface area (Å²) in [6.07, 6.45) is 4.22. The van der Waals surface area contributed by atoms with Gasteiger partial charge >= 0.3 is 0 Å². The van der Waals surface area contributed by atoms with Gasteiger partial charge in [0.25, 0.3) is 0 Å². The zero-order valence-electron chi connectivity index (χ0n) is 9.22. The van der Waals surface area contributed by atoms with Gasteiger partial charge in [-0.3, -0.25) is 4.79 Å². The summed E-state index contributed by atoms with van der Waals surface area (Å²) in [5, 5.41) is 0. The number of benzene rings is 1. The van der Waals surface area contributed by atoms with Crippen molar-refractivity contribution in [3.63, 3.8) is 0 Å². The molecule has 1 unspecified atom stereocenters. The number of fused-ring (bicyclic) bond motifs is 1. The van der Waals surface area contributed by atoms with Gasteiger partial charge in [0.2, 0.25) is 0 Å². The van der Waals surface area contributed by atoms with Gasteiger partial charge in [0.1, 0.15) is 5.82 Å². The summed E-state index contributed by atoms with van der Waals surface area (Å²) in [6.45, 7) is 0. The van der Waals surface area contributed by atoms with Gasteiger partial charge in [-0.2, -0.15) is 0 Å². The van der Waals surface area contributed by atoms with E-state index in [1.807, 2.05) is 24.3 Å². The summed E-state index contributed by atoms with van der Waals surface area (Å²) in [5.41, 5.74) is 0.861. The van der Waals surface area contributed by atoms with E-state index >= 15 is 0 Å². The Morgan fingerprint density at radius 3 is 3.12 bits per heavy atom. The molecule has 1 aliphatic heterocycles. The summed E-state index contributed by atoms with van der Waals surface area (Å²) in [7, 11) is 0. The first-order chi connectivity index (χ1) is 8.34. The number of H-pyrrole nitrogens is 1. The SMILES string of the molecule is O=C1c2ccccc2SCC1Cc1ncc[nH]1. The van der Waals surface area contributed by atoms with Crippen molar-refractivity contribution in [2.24, 2.45) is 5.92 Å². The van der Waals surface area contributed by atoms with Crippen LogP contribution in [0.15, 0.2) is 41.6 Å². The van der Waals surface area contributed by atoms with E-state index in [0.29, 0.717) is 6.42 Å². The van der Waals surface area contributed by atoms with Gasteiger partial charge in [-0.25, -0.2) is 4.98 Å². The molecule has 1 aliphatic rings. The molecule has 1 aromatic heterocycles. The van der Waals surface area contributed by atoms with E-state index in [1.165, 1.54) is 0 Å². The van der Waals surface area contributed by atoms with Crippen molar-refractivity contribution in [3.8, 4) is 0 Å². The van der Waals surface area contributed by atoms with Crippen LogP contribution in [0.4, 0.5) is 0 Å². The monoisotopic (exact) mass is 244 g/mol. The average Bonchev–Trinajstić information content (AvgIpc) is 2.86. The van der Waals surface area contributed by atoms with Crippen molar-refractivity contribution in [1.29, 1.82) is 0 Å². The fourth-order valence-corrected chi connectivity index (χ4v) is 3.23. The molecule has 0 amide bonds. The number of carbonyl (C=O) groups excluding carboxylic acids is 1. The smallest absolute Gasteiger partial charge is 0.168 e. The number of rotatable bonds is 2. The lowest BCUT2D eigenvalue weighted by Crippen LogP contribution is -2.24. The first-order valence-corrected chi connectivity index (χ1v) is 6.57. The Morgan fingerprint density at radius 2 is 2.29 bits per heavy atom. The largest absolute Gasteiger partial charge is 0.349 e. The summed E-state index contributed by atoms with van der Waals surface area (Å²) in [6, 6.07) is 7.83. The van der Waals surface area contributed by atoms with Gasteiger partial charge < -0.3 is 4.98 Å². The number of Topliss-reactive ketones (excluding diaryl/α,β-unsaturated/α-hetero) is 1.